The van der Waals surface area contributed by atoms with Crippen LogP contribution in [0.5, 0.6) is 0 Å². The summed E-state index contributed by atoms with van der Waals surface area (Å²) in [6.07, 6.45) is 0. The normalized spacial score (nSPS) is 9.17. The van der Waals surface area contributed by atoms with Crippen molar-refractivity contribution < 1.29 is 37.3 Å². The molecule has 0 rings (SSSR count). The molecule has 0 fully saturated rings. The Morgan fingerprint density at radius 3 is 1.75 bits per heavy atom. The summed E-state index contributed by atoms with van der Waals surface area (Å²) in [7, 11) is 0. The van der Waals surface area contributed by atoms with E-state index in [0.29, 0.717) is 26.8 Å². The van der Waals surface area contributed by atoms with Crippen LogP contribution in [0.15, 0.2) is 0 Å². The van der Waals surface area contributed by atoms with E-state index in [2.05, 4.69) is 0 Å². The third-order valence-electron chi connectivity index (χ3n) is 0.908. The van der Waals surface area contributed by atoms with Gasteiger partial charge in [0.15, 0.2) is 0 Å². The van der Waals surface area contributed by atoms with Crippen molar-refractivity contribution in [3.63, 3.8) is 0 Å². The first kappa shape index (κ1) is 15.4. The number of hydrogen-bond acceptors (Lipinski definition) is 4. The first-order chi connectivity index (χ1) is 5.41. The van der Waals surface area contributed by atoms with Crippen LogP contribution < -0.4 is 18.9 Å². The first-order valence-electron chi connectivity index (χ1n) is 3.72. The molecular weight excluding hydrogens is 170 g/mol. The van der Waals surface area contributed by atoms with Gasteiger partial charge in [0.05, 0.1) is 0 Å². The Kier molecular flexibility index (Phi) is 18.6. The zero-order valence-corrected chi connectivity index (χ0v) is 9.58. The molecule has 0 aliphatic heterocycles. The molecule has 0 saturated heterocycles. The van der Waals surface area contributed by atoms with Gasteiger partial charge in [0.2, 0.25) is 0 Å². The van der Waals surface area contributed by atoms with Gasteiger partial charge in [-0.25, -0.2) is 0 Å². The Morgan fingerprint density at radius 1 is 1.00 bits per heavy atom. The van der Waals surface area contributed by atoms with Crippen LogP contribution in [0.2, 0.25) is 0 Å². The van der Waals surface area contributed by atoms with E-state index in [1.807, 2.05) is 13.8 Å². The maximum Gasteiger partial charge on any atom is 1.00 e. The Labute approximate surface area is 93.9 Å². The van der Waals surface area contributed by atoms with E-state index in [0.717, 1.165) is 0 Å². The van der Waals surface area contributed by atoms with Gasteiger partial charge in [0, 0.05) is 13.2 Å². The van der Waals surface area contributed by atoms with Crippen LogP contribution >= 0.6 is 0 Å². The van der Waals surface area contributed by atoms with Crippen molar-refractivity contribution in [1.29, 1.82) is 0 Å². The Bertz CT molecular complexity index is 73.7. The fourth-order valence-corrected chi connectivity index (χ4v) is 0.901. The molecular formula is C6H16AlLiO4. The standard InChI is InChI=1S/2C3H7O2.Al.Li.2H/c2*1-2-5-3-4;;;;/h2*2-3H2,1H3;;;;/q2*-1;+2;+1;;-1. The molecule has 0 amide bonds. The minimum absolute atomic E-state index is 0. The second-order valence-corrected chi connectivity index (χ2v) is 2.80. The molecule has 0 aromatic carbocycles. The van der Waals surface area contributed by atoms with Crippen molar-refractivity contribution in [1.82, 2.24) is 0 Å². The average Bonchev–Trinajstić information content (AvgIpc) is 2.03. The predicted molar refractivity (Wildman–Crippen MR) is 43.4 cm³/mol. The second kappa shape index (κ2) is 14.5. The van der Waals surface area contributed by atoms with Crippen LogP contribution in [0.25, 0.3) is 0 Å². The van der Waals surface area contributed by atoms with E-state index in [1.54, 1.807) is 0 Å². The fraction of sp³-hybridized carbons (Fsp3) is 1.00. The molecule has 0 saturated carbocycles. The molecule has 0 N–H and O–H groups in total. The largest absolute Gasteiger partial charge is 1.00 e. The summed E-state index contributed by atoms with van der Waals surface area (Å²) in [5, 5.41) is 0. The van der Waals surface area contributed by atoms with Crippen LogP contribution in [0.3, 0.4) is 0 Å². The van der Waals surface area contributed by atoms with Crippen LogP contribution in [0, 0.1) is 0 Å². The first-order valence-corrected chi connectivity index (χ1v) is 4.88. The van der Waals surface area contributed by atoms with Gasteiger partial charge in [-0.05, 0) is 13.8 Å². The molecule has 0 spiro atoms. The zero-order chi connectivity index (χ0) is 8.36. The Morgan fingerprint density at radius 2 is 1.42 bits per heavy atom. The summed E-state index contributed by atoms with van der Waals surface area (Å²) in [6, 6.07) is 0. The van der Waals surface area contributed by atoms with E-state index < -0.39 is 15.9 Å². The van der Waals surface area contributed by atoms with Gasteiger partial charge < -0.3 is 18.5 Å². The molecule has 0 unspecified atom stereocenters. The van der Waals surface area contributed by atoms with Crippen molar-refractivity contribution in [3.8, 4) is 0 Å². The minimum atomic E-state index is -0.879. The monoisotopic (exact) mass is 186 g/mol. The summed E-state index contributed by atoms with van der Waals surface area (Å²) < 4.78 is 19.9. The van der Waals surface area contributed by atoms with Crippen molar-refractivity contribution >= 4 is 15.9 Å². The second-order valence-electron chi connectivity index (χ2n) is 1.75. The number of hydrogen-bond donors (Lipinski definition) is 0. The van der Waals surface area contributed by atoms with Gasteiger partial charge in [-0.2, -0.15) is 0 Å². The van der Waals surface area contributed by atoms with Gasteiger partial charge in [-0.1, -0.05) is 0 Å². The van der Waals surface area contributed by atoms with Gasteiger partial charge in [0.25, 0.3) is 0 Å². The SMILES string of the molecule is CCOC[O][AlH][O]COCC.[H-].[Li+]. The fourth-order valence-electron chi connectivity index (χ4n) is 0.411. The predicted octanol–water partition coefficient (Wildman–Crippen LogP) is -2.61. The molecule has 4 nitrogen and oxygen atoms in total. The maximum atomic E-state index is 5.04. The molecule has 12 heavy (non-hydrogen) atoms. The van der Waals surface area contributed by atoms with Crippen molar-refractivity contribution in [2.75, 3.05) is 26.8 Å². The molecule has 0 aliphatic rings. The minimum Gasteiger partial charge on any atom is -1.00 e. The summed E-state index contributed by atoms with van der Waals surface area (Å²) in [5.41, 5.74) is 0. The van der Waals surface area contributed by atoms with Crippen LogP contribution in [0.1, 0.15) is 15.3 Å². The third-order valence-corrected chi connectivity index (χ3v) is 1.57. The van der Waals surface area contributed by atoms with Gasteiger partial charge in [-0.3, -0.25) is 0 Å². The van der Waals surface area contributed by atoms with E-state index >= 15 is 0 Å². The summed E-state index contributed by atoms with van der Waals surface area (Å²) in [4.78, 5) is 0. The van der Waals surface area contributed by atoms with Crippen molar-refractivity contribution in [2.24, 2.45) is 0 Å². The van der Waals surface area contributed by atoms with E-state index in [4.69, 9.17) is 17.1 Å². The zero-order valence-electron chi connectivity index (χ0n) is 9.17. The van der Waals surface area contributed by atoms with Crippen LogP contribution in [0.4, 0.5) is 0 Å². The molecule has 68 valence electrons. The van der Waals surface area contributed by atoms with Crippen LogP contribution in [-0.4, -0.2) is 42.7 Å². The molecule has 0 radical (unpaired) electrons. The number of ether oxygens (including phenoxy) is 2. The number of rotatable bonds is 8. The smallest absolute Gasteiger partial charge is 1.00 e. The maximum absolute atomic E-state index is 5.04. The Balaban J connectivity index is -0.000000500. The van der Waals surface area contributed by atoms with Gasteiger partial charge >= 0.3 is 34.7 Å². The molecule has 0 heterocycles. The molecule has 0 aromatic heterocycles. The quantitative estimate of drug-likeness (QED) is 0.236. The van der Waals surface area contributed by atoms with Gasteiger partial charge in [-0.15, -0.1) is 0 Å². The molecule has 6 heteroatoms. The molecule has 0 aromatic rings. The van der Waals surface area contributed by atoms with Gasteiger partial charge in [0.1, 0.15) is 13.6 Å². The summed E-state index contributed by atoms with van der Waals surface area (Å²) >= 11 is -0.879. The van der Waals surface area contributed by atoms with E-state index in [-0.39, 0.29) is 20.3 Å². The Hall–Kier alpha value is 0.970. The average molecular weight is 186 g/mol. The molecule has 0 atom stereocenters. The molecule has 0 aliphatic carbocycles. The van der Waals surface area contributed by atoms with Crippen molar-refractivity contribution in [3.05, 3.63) is 0 Å². The summed E-state index contributed by atoms with van der Waals surface area (Å²) in [5.74, 6) is 0. The van der Waals surface area contributed by atoms with E-state index in [9.17, 15) is 0 Å². The molecule has 0 bridgehead atoms. The summed E-state index contributed by atoms with van der Waals surface area (Å²) in [6.45, 7) is 5.89. The third kappa shape index (κ3) is 13.6. The van der Waals surface area contributed by atoms with Crippen LogP contribution in [-0.2, 0) is 17.1 Å². The van der Waals surface area contributed by atoms with E-state index in [1.165, 1.54) is 0 Å². The topological polar surface area (TPSA) is 36.9 Å². The van der Waals surface area contributed by atoms with Crippen molar-refractivity contribution in [2.45, 2.75) is 13.8 Å².